The van der Waals surface area contributed by atoms with Crippen molar-refractivity contribution in [3.8, 4) is 0 Å². The van der Waals surface area contributed by atoms with Crippen LogP contribution < -0.4 is 0 Å². The normalized spacial score (nSPS) is 20.0. The molecule has 1 heterocycles. The van der Waals surface area contributed by atoms with Crippen LogP contribution in [0.25, 0.3) is 0 Å². The highest BCUT2D eigenvalue weighted by Crippen LogP contribution is 2.16. The van der Waals surface area contributed by atoms with Crippen molar-refractivity contribution in [2.24, 2.45) is 0 Å². The minimum atomic E-state index is -0.347. The second-order valence-corrected chi connectivity index (χ2v) is 4.03. The largest absolute Gasteiger partial charge is 0.447 e. The van der Waals surface area contributed by atoms with E-state index in [1.54, 1.807) is 4.90 Å². The van der Waals surface area contributed by atoms with E-state index in [0.29, 0.717) is 6.54 Å². The van der Waals surface area contributed by atoms with E-state index >= 15 is 0 Å². The van der Waals surface area contributed by atoms with Crippen LogP contribution in [0.15, 0.2) is 24.3 Å². The summed E-state index contributed by atoms with van der Waals surface area (Å²) in [4.78, 5) is 13.0. The first kappa shape index (κ1) is 11.0. The van der Waals surface area contributed by atoms with Gasteiger partial charge in [-0.2, -0.15) is 0 Å². The first-order valence-corrected chi connectivity index (χ1v) is 5.30. The van der Waals surface area contributed by atoms with Crippen molar-refractivity contribution in [1.82, 2.24) is 4.90 Å². The van der Waals surface area contributed by atoms with Gasteiger partial charge >= 0.3 is 6.09 Å². The summed E-state index contributed by atoms with van der Waals surface area (Å²) in [5, 5.41) is 9.11. The van der Waals surface area contributed by atoms with Crippen molar-refractivity contribution in [2.75, 3.05) is 13.2 Å². The molecule has 0 bridgehead atoms. The third-order valence-electron chi connectivity index (χ3n) is 2.72. The molecule has 1 atom stereocenters. The first-order chi connectivity index (χ1) is 7.70. The topological polar surface area (TPSA) is 49.8 Å². The third-order valence-corrected chi connectivity index (χ3v) is 2.72. The molecule has 0 saturated carbocycles. The van der Waals surface area contributed by atoms with Gasteiger partial charge in [0, 0.05) is 6.54 Å². The predicted molar refractivity (Wildman–Crippen MR) is 58.9 cm³/mol. The van der Waals surface area contributed by atoms with Gasteiger partial charge in [-0.15, -0.1) is 0 Å². The zero-order valence-electron chi connectivity index (χ0n) is 9.22. The SMILES string of the molecule is Cc1cccc(CN2C(=O)OCC2CO)c1. The zero-order chi connectivity index (χ0) is 11.5. The average Bonchev–Trinajstić information content (AvgIpc) is 2.60. The number of hydrogen-bond donors (Lipinski definition) is 1. The van der Waals surface area contributed by atoms with Crippen LogP contribution in [0.1, 0.15) is 11.1 Å². The number of hydrogen-bond acceptors (Lipinski definition) is 3. The van der Waals surface area contributed by atoms with Crippen molar-refractivity contribution in [1.29, 1.82) is 0 Å². The fraction of sp³-hybridized carbons (Fsp3) is 0.417. The molecule has 1 N–H and O–H groups in total. The van der Waals surface area contributed by atoms with E-state index < -0.39 is 0 Å². The fourth-order valence-electron chi connectivity index (χ4n) is 1.84. The number of ether oxygens (including phenoxy) is 1. The monoisotopic (exact) mass is 221 g/mol. The van der Waals surface area contributed by atoms with Gasteiger partial charge in [0.05, 0.1) is 12.6 Å². The van der Waals surface area contributed by atoms with Crippen molar-refractivity contribution < 1.29 is 14.6 Å². The maximum atomic E-state index is 11.4. The molecule has 4 heteroatoms. The molecule has 0 aromatic heterocycles. The summed E-state index contributed by atoms with van der Waals surface area (Å²) < 4.78 is 4.90. The van der Waals surface area contributed by atoms with Crippen LogP contribution in [0.2, 0.25) is 0 Å². The Bertz CT molecular complexity index is 392. The summed E-state index contributed by atoms with van der Waals surface area (Å²) in [7, 11) is 0. The zero-order valence-corrected chi connectivity index (χ0v) is 9.22. The summed E-state index contributed by atoms with van der Waals surface area (Å²) >= 11 is 0. The number of aryl methyl sites for hydroxylation is 1. The van der Waals surface area contributed by atoms with Crippen LogP contribution in [-0.2, 0) is 11.3 Å². The smallest absolute Gasteiger partial charge is 0.410 e. The molecule has 1 aromatic rings. The lowest BCUT2D eigenvalue weighted by atomic mass is 10.1. The Morgan fingerprint density at radius 1 is 1.56 bits per heavy atom. The highest BCUT2D eigenvalue weighted by atomic mass is 16.6. The van der Waals surface area contributed by atoms with Gasteiger partial charge < -0.3 is 9.84 Å². The average molecular weight is 221 g/mol. The molecular formula is C12H15NO3. The molecule has 2 rings (SSSR count). The number of aliphatic hydroxyl groups is 1. The Labute approximate surface area is 94.4 Å². The lowest BCUT2D eigenvalue weighted by Crippen LogP contribution is -2.35. The van der Waals surface area contributed by atoms with Crippen molar-refractivity contribution in [2.45, 2.75) is 19.5 Å². The van der Waals surface area contributed by atoms with Gasteiger partial charge in [0.2, 0.25) is 0 Å². The molecule has 16 heavy (non-hydrogen) atoms. The number of cyclic esters (lactones) is 1. The van der Waals surface area contributed by atoms with Crippen LogP contribution in [0.5, 0.6) is 0 Å². The summed E-state index contributed by atoms with van der Waals surface area (Å²) in [6, 6.07) is 7.75. The number of benzene rings is 1. The quantitative estimate of drug-likeness (QED) is 0.837. The summed E-state index contributed by atoms with van der Waals surface area (Å²) in [5.74, 6) is 0. The molecule has 0 radical (unpaired) electrons. The van der Waals surface area contributed by atoms with E-state index in [2.05, 4.69) is 0 Å². The predicted octanol–water partition coefficient (Wildman–Crippen LogP) is 1.31. The van der Waals surface area contributed by atoms with Crippen molar-refractivity contribution >= 4 is 6.09 Å². The van der Waals surface area contributed by atoms with Gasteiger partial charge in [0.15, 0.2) is 0 Å². The highest BCUT2D eigenvalue weighted by Gasteiger charge is 2.32. The summed E-state index contributed by atoms with van der Waals surface area (Å²) in [6.07, 6.45) is -0.347. The van der Waals surface area contributed by atoms with Crippen LogP contribution in [0.4, 0.5) is 4.79 Å². The Hall–Kier alpha value is -1.55. The Balaban J connectivity index is 2.11. The van der Waals surface area contributed by atoms with E-state index in [1.807, 2.05) is 31.2 Å². The maximum absolute atomic E-state index is 11.4. The Morgan fingerprint density at radius 2 is 2.38 bits per heavy atom. The molecular weight excluding hydrogens is 206 g/mol. The molecule has 1 amide bonds. The number of carbonyl (C=O) groups excluding carboxylic acids is 1. The highest BCUT2D eigenvalue weighted by molar-refractivity contribution is 5.70. The van der Waals surface area contributed by atoms with Gasteiger partial charge in [-0.3, -0.25) is 4.90 Å². The molecule has 0 aliphatic carbocycles. The summed E-state index contributed by atoms with van der Waals surface area (Å²) in [5.41, 5.74) is 2.21. The minimum Gasteiger partial charge on any atom is -0.447 e. The second kappa shape index (κ2) is 4.53. The Morgan fingerprint density at radius 3 is 3.06 bits per heavy atom. The molecule has 1 aliphatic rings. The molecule has 1 saturated heterocycles. The lowest BCUT2D eigenvalue weighted by Gasteiger charge is -2.19. The van der Waals surface area contributed by atoms with Crippen LogP contribution in [0.3, 0.4) is 0 Å². The molecule has 86 valence electrons. The molecule has 0 spiro atoms. The van der Waals surface area contributed by atoms with Gasteiger partial charge in [0.1, 0.15) is 6.61 Å². The van der Waals surface area contributed by atoms with E-state index in [-0.39, 0.29) is 25.3 Å². The van der Waals surface area contributed by atoms with Gasteiger partial charge in [0.25, 0.3) is 0 Å². The molecule has 1 aromatic carbocycles. The van der Waals surface area contributed by atoms with E-state index in [0.717, 1.165) is 11.1 Å². The van der Waals surface area contributed by atoms with Gasteiger partial charge in [-0.1, -0.05) is 29.8 Å². The molecule has 1 fully saturated rings. The molecule has 1 unspecified atom stereocenters. The lowest BCUT2D eigenvalue weighted by molar-refractivity contribution is 0.151. The summed E-state index contributed by atoms with van der Waals surface area (Å²) in [6.45, 7) is 2.72. The van der Waals surface area contributed by atoms with Gasteiger partial charge in [-0.25, -0.2) is 4.79 Å². The van der Waals surface area contributed by atoms with E-state index in [4.69, 9.17) is 9.84 Å². The number of rotatable bonds is 3. The Kier molecular flexibility index (Phi) is 3.10. The van der Waals surface area contributed by atoms with E-state index in [9.17, 15) is 4.79 Å². The van der Waals surface area contributed by atoms with E-state index in [1.165, 1.54) is 0 Å². The van der Waals surface area contributed by atoms with Crippen LogP contribution in [0, 0.1) is 6.92 Å². The van der Waals surface area contributed by atoms with Gasteiger partial charge in [-0.05, 0) is 12.5 Å². The fourth-order valence-corrected chi connectivity index (χ4v) is 1.84. The molecule has 1 aliphatic heterocycles. The standard InChI is InChI=1S/C12H15NO3/c1-9-3-2-4-10(5-9)6-13-11(7-14)8-16-12(13)15/h2-5,11,14H,6-8H2,1H3. The van der Waals surface area contributed by atoms with Crippen molar-refractivity contribution in [3.05, 3.63) is 35.4 Å². The third kappa shape index (κ3) is 2.17. The number of aliphatic hydroxyl groups excluding tert-OH is 1. The van der Waals surface area contributed by atoms with Crippen LogP contribution in [-0.4, -0.2) is 35.4 Å². The van der Waals surface area contributed by atoms with Crippen LogP contribution >= 0.6 is 0 Å². The second-order valence-electron chi connectivity index (χ2n) is 4.03. The maximum Gasteiger partial charge on any atom is 0.410 e. The molecule has 4 nitrogen and oxygen atoms in total. The first-order valence-electron chi connectivity index (χ1n) is 5.30. The van der Waals surface area contributed by atoms with Crippen molar-refractivity contribution in [3.63, 3.8) is 0 Å². The number of amides is 1. The number of nitrogens with zero attached hydrogens (tertiary/aromatic N) is 1. The minimum absolute atomic E-state index is 0.0580. The number of carbonyl (C=O) groups is 1.